The van der Waals surface area contributed by atoms with Crippen LogP contribution >= 0.6 is 0 Å². The fraction of sp³-hybridized carbons (Fsp3) is 0.176. The molecule has 0 aliphatic carbocycles. The second-order valence-corrected chi connectivity index (χ2v) is 7.59. The Balaban J connectivity index is 2.39. The van der Waals surface area contributed by atoms with Gasteiger partial charge >= 0.3 is 0 Å². The number of anilines is 2. The number of hydrogen-bond donors (Lipinski definition) is 2. The fourth-order valence-electron chi connectivity index (χ4n) is 2.48. The number of benzene rings is 2. The molecule has 0 unspecified atom stereocenters. The van der Waals surface area contributed by atoms with E-state index in [1.165, 1.54) is 19.1 Å². The Hall–Kier alpha value is -3.01. The van der Waals surface area contributed by atoms with Gasteiger partial charge in [0.25, 0.3) is 5.91 Å². The van der Waals surface area contributed by atoms with E-state index in [-0.39, 0.29) is 16.9 Å². The third-order valence-corrected chi connectivity index (χ3v) is 4.94. The van der Waals surface area contributed by atoms with E-state index in [1.54, 1.807) is 12.1 Å². The van der Waals surface area contributed by atoms with Gasteiger partial charge in [0.1, 0.15) is 6.04 Å². The number of para-hydroxylation sites is 1. The van der Waals surface area contributed by atoms with Crippen molar-refractivity contribution in [3.8, 4) is 0 Å². The maximum absolute atomic E-state index is 13.5. The molecule has 27 heavy (non-hydrogen) atoms. The van der Waals surface area contributed by atoms with Gasteiger partial charge in [0.05, 0.1) is 23.2 Å². The van der Waals surface area contributed by atoms with Crippen molar-refractivity contribution >= 4 is 33.2 Å². The Morgan fingerprint density at radius 2 is 1.74 bits per heavy atom. The molecule has 0 saturated carbocycles. The molecule has 0 fully saturated rings. The molecule has 2 aromatic rings. The molecular weight excluding hydrogens is 380 g/mol. The Morgan fingerprint density at radius 1 is 1.11 bits per heavy atom. The quantitative estimate of drug-likeness (QED) is 0.775. The van der Waals surface area contributed by atoms with E-state index >= 15 is 0 Å². The number of amides is 2. The Kier molecular flexibility index (Phi) is 5.79. The van der Waals surface area contributed by atoms with Gasteiger partial charge in [0, 0.05) is 6.07 Å². The molecule has 2 rings (SSSR count). The third kappa shape index (κ3) is 4.59. The standard InChI is InChI=1S/C17H17F2N3O4S/c1-10(17(24)21-15-6-4-3-5-12(15)16(20)23)22(27(2,25)26)11-7-8-13(18)14(19)9-11/h3-10H,1-2H3,(H2,20,23)(H,21,24)/t10-/m0/s1. The van der Waals surface area contributed by atoms with Crippen LogP contribution in [0.15, 0.2) is 42.5 Å². The topological polar surface area (TPSA) is 110 Å². The van der Waals surface area contributed by atoms with Gasteiger partial charge < -0.3 is 11.1 Å². The molecule has 2 amide bonds. The molecule has 3 N–H and O–H groups in total. The molecule has 0 aliphatic heterocycles. The normalized spacial score (nSPS) is 12.3. The first-order valence-corrected chi connectivity index (χ1v) is 9.51. The fourth-order valence-corrected chi connectivity index (χ4v) is 3.64. The predicted molar refractivity (Wildman–Crippen MR) is 96.7 cm³/mol. The molecule has 2 aromatic carbocycles. The highest BCUT2D eigenvalue weighted by Crippen LogP contribution is 2.24. The lowest BCUT2D eigenvalue weighted by atomic mass is 10.1. The second-order valence-electron chi connectivity index (χ2n) is 5.73. The summed E-state index contributed by atoms with van der Waals surface area (Å²) in [5.74, 6) is -3.98. The minimum Gasteiger partial charge on any atom is -0.366 e. The number of primary amides is 1. The summed E-state index contributed by atoms with van der Waals surface area (Å²) in [7, 11) is -4.02. The molecular formula is C17H17F2N3O4S. The molecule has 10 heteroatoms. The summed E-state index contributed by atoms with van der Waals surface area (Å²) < 4.78 is 51.7. The number of rotatable bonds is 6. The highest BCUT2D eigenvalue weighted by atomic mass is 32.2. The van der Waals surface area contributed by atoms with Crippen LogP contribution in [0.5, 0.6) is 0 Å². The average molecular weight is 397 g/mol. The van der Waals surface area contributed by atoms with E-state index in [9.17, 15) is 26.8 Å². The minimum atomic E-state index is -4.02. The van der Waals surface area contributed by atoms with Crippen LogP contribution in [0.25, 0.3) is 0 Å². The lowest BCUT2D eigenvalue weighted by Crippen LogP contribution is -2.45. The van der Waals surface area contributed by atoms with E-state index in [0.717, 1.165) is 18.4 Å². The summed E-state index contributed by atoms with van der Waals surface area (Å²) in [5, 5.41) is 2.43. The van der Waals surface area contributed by atoms with Crippen molar-refractivity contribution in [3.63, 3.8) is 0 Å². The molecule has 0 radical (unpaired) electrons. The van der Waals surface area contributed by atoms with E-state index in [4.69, 9.17) is 5.73 Å². The molecule has 0 aliphatic rings. The largest absolute Gasteiger partial charge is 0.366 e. The predicted octanol–water partition coefficient (Wildman–Crippen LogP) is 1.86. The number of nitrogens with two attached hydrogens (primary N) is 1. The molecule has 144 valence electrons. The Morgan fingerprint density at radius 3 is 2.30 bits per heavy atom. The van der Waals surface area contributed by atoms with Crippen molar-refractivity contribution in [3.05, 3.63) is 59.7 Å². The first-order valence-electron chi connectivity index (χ1n) is 7.66. The third-order valence-electron chi connectivity index (χ3n) is 3.70. The van der Waals surface area contributed by atoms with E-state index in [2.05, 4.69) is 5.32 Å². The van der Waals surface area contributed by atoms with Crippen LogP contribution < -0.4 is 15.4 Å². The summed E-state index contributed by atoms with van der Waals surface area (Å²) >= 11 is 0. The summed E-state index contributed by atoms with van der Waals surface area (Å²) in [6.45, 7) is 1.27. The highest BCUT2D eigenvalue weighted by molar-refractivity contribution is 7.92. The summed E-state index contributed by atoms with van der Waals surface area (Å²) in [6, 6.07) is 7.07. The SMILES string of the molecule is C[C@@H](C(=O)Nc1ccccc1C(N)=O)N(c1ccc(F)c(F)c1)S(C)(=O)=O. The van der Waals surface area contributed by atoms with Crippen LogP contribution in [0.4, 0.5) is 20.2 Å². The molecule has 0 bridgehead atoms. The van der Waals surface area contributed by atoms with E-state index in [0.29, 0.717) is 10.4 Å². The van der Waals surface area contributed by atoms with Crippen molar-refractivity contribution in [2.75, 3.05) is 15.9 Å². The van der Waals surface area contributed by atoms with Crippen LogP contribution in [-0.4, -0.2) is 32.5 Å². The lowest BCUT2D eigenvalue weighted by molar-refractivity contribution is -0.116. The highest BCUT2D eigenvalue weighted by Gasteiger charge is 2.30. The monoisotopic (exact) mass is 397 g/mol. The zero-order valence-electron chi connectivity index (χ0n) is 14.4. The number of carbonyl (C=O) groups is 2. The van der Waals surface area contributed by atoms with Gasteiger partial charge in [-0.3, -0.25) is 13.9 Å². The van der Waals surface area contributed by atoms with Crippen molar-refractivity contribution in [1.29, 1.82) is 0 Å². The van der Waals surface area contributed by atoms with Gasteiger partial charge in [-0.1, -0.05) is 12.1 Å². The van der Waals surface area contributed by atoms with Gasteiger partial charge in [0.15, 0.2) is 11.6 Å². The second kappa shape index (κ2) is 7.70. The van der Waals surface area contributed by atoms with Gasteiger partial charge in [0.2, 0.25) is 15.9 Å². The number of nitrogens with one attached hydrogen (secondary N) is 1. The number of halogens is 2. The Bertz CT molecular complexity index is 995. The maximum atomic E-state index is 13.5. The average Bonchev–Trinajstić information content (AvgIpc) is 2.57. The zero-order chi connectivity index (χ0) is 20.4. The van der Waals surface area contributed by atoms with Crippen LogP contribution in [0.2, 0.25) is 0 Å². The van der Waals surface area contributed by atoms with Crippen molar-refractivity contribution in [2.24, 2.45) is 5.73 Å². The first-order chi connectivity index (χ1) is 12.5. The van der Waals surface area contributed by atoms with Crippen molar-refractivity contribution in [1.82, 2.24) is 0 Å². The Labute approximate surface area is 154 Å². The van der Waals surface area contributed by atoms with Crippen molar-refractivity contribution < 1.29 is 26.8 Å². The van der Waals surface area contributed by atoms with Crippen LogP contribution in [0, 0.1) is 11.6 Å². The van der Waals surface area contributed by atoms with Gasteiger partial charge in [-0.25, -0.2) is 17.2 Å². The maximum Gasteiger partial charge on any atom is 0.250 e. The molecule has 0 aromatic heterocycles. The summed E-state index contributed by atoms with van der Waals surface area (Å²) in [4.78, 5) is 24.0. The van der Waals surface area contributed by atoms with Gasteiger partial charge in [-0.05, 0) is 31.2 Å². The summed E-state index contributed by atoms with van der Waals surface area (Å²) in [6.07, 6.45) is 0.829. The van der Waals surface area contributed by atoms with Crippen LogP contribution in [0.1, 0.15) is 17.3 Å². The number of nitrogens with zero attached hydrogens (tertiary/aromatic N) is 1. The molecule has 0 spiro atoms. The van der Waals surface area contributed by atoms with Crippen LogP contribution in [-0.2, 0) is 14.8 Å². The van der Waals surface area contributed by atoms with E-state index < -0.39 is 39.5 Å². The lowest BCUT2D eigenvalue weighted by Gasteiger charge is -2.28. The number of carbonyl (C=O) groups excluding carboxylic acids is 2. The first kappa shape index (κ1) is 20.3. The summed E-state index contributed by atoms with van der Waals surface area (Å²) in [5.41, 5.74) is 5.16. The molecule has 0 heterocycles. The zero-order valence-corrected chi connectivity index (χ0v) is 15.3. The molecule has 1 atom stereocenters. The molecule has 0 saturated heterocycles. The van der Waals surface area contributed by atoms with Gasteiger partial charge in [-0.2, -0.15) is 0 Å². The molecule has 7 nitrogen and oxygen atoms in total. The number of sulfonamides is 1. The van der Waals surface area contributed by atoms with Crippen LogP contribution in [0.3, 0.4) is 0 Å². The minimum absolute atomic E-state index is 0.0387. The smallest absolute Gasteiger partial charge is 0.250 e. The van der Waals surface area contributed by atoms with E-state index in [1.807, 2.05) is 0 Å². The number of hydrogen-bond acceptors (Lipinski definition) is 4. The van der Waals surface area contributed by atoms with Crippen molar-refractivity contribution in [2.45, 2.75) is 13.0 Å². The van der Waals surface area contributed by atoms with Gasteiger partial charge in [-0.15, -0.1) is 0 Å².